The molecule has 1 nitrogen and oxygen atoms in total. The highest BCUT2D eigenvalue weighted by molar-refractivity contribution is 5.95. The van der Waals surface area contributed by atoms with Crippen LogP contribution in [0.1, 0.15) is 52.5 Å². The molecule has 3 aromatic rings. The Bertz CT molecular complexity index is 840. The summed E-state index contributed by atoms with van der Waals surface area (Å²) in [6.07, 6.45) is 5.44. The normalized spacial score (nSPS) is 13.1. The van der Waals surface area contributed by atoms with Crippen molar-refractivity contribution in [3.63, 3.8) is 0 Å². The quantitative estimate of drug-likeness (QED) is 0.473. The number of benzene rings is 2. The Morgan fingerprint density at radius 2 is 1.56 bits per heavy atom. The number of fused-ring (bicyclic) bond motifs is 1. The average molecular weight is 332 g/mol. The first-order valence-corrected chi connectivity index (χ1v) is 9.61. The maximum absolute atomic E-state index is 4.81. The second-order valence-corrected chi connectivity index (χ2v) is 7.10. The number of hydrogen-bond acceptors (Lipinski definition) is 1. The molecule has 0 fully saturated rings. The molecule has 0 amide bonds. The number of aromatic nitrogens is 1. The van der Waals surface area contributed by atoms with Crippen LogP contribution in [0.4, 0.5) is 0 Å². The van der Waals surface area contributed by atoms with Gasteiger partial charge in [0, 0.05) is 17.1 Å². The fourth-order valence-electron chi connectivity index (χ4n) is 4.44. The first-order chi connectivity index (χ1) is 12.2. The van der Waals surface area contributed by atoms with Gasteiger partial charge in [-0.1, -0.05) is 82.6 Å². The summed E-state index contributed by atoms with van der Waals surface area (Å²) in [5.74, 6) is 0.638. The topological polar surface area (TPSA) is 12.9 Å². The highest BCUT2D eigenvalue weighted by Crippen LogP contribution is 2.45. The van der Waals surface area contributed by atoms with E-state index in [2.05, 4.69) is 82.3 Å². The first-order valence-electron chi connectivity index (χ1n) is 9.61. The van der Waals surface area contributed by atoms with Crippen molar-refractivity contribution in [2.75, 3.05) is 0 Å². The van der Waals surface area contributed by atoms with E-state index in [0.717, 1.165) is 18.5 Å². The van der Waals surface area contributed by atoms with Crippen LogP contribution in [0.25, 0.3) is 22.0 Å². The van der Waals surface area contributed by atoms with Gasteiger partial charge in [-0.05, 0) is 41.2 Å². The maximum atomic E-state index is 4.81. The minimum atomic E-state index is 0.198. The van der Waals surface area contributed by atoms with Gasteiger partial charge in [0.15, 0.2) is 0 Å². The predicted molar refractivity (Wildman–Crippen MR) is 109 cm³/mol. The molecule has 0 spiro atoms. The van der Waals surface area contributed by atoms with Crippen LogP contribution in [0.5, 0.6) is 0 Å². The summed E-state index contributed by atoms with van der Waals surface area (Å²) in [7, 11) is 0. The number of rotatable bonds is 6. The minimum Gasteiger partial charge on any atom is -0.256 e. The van der Waals surface area contributed by atoms with E-state index in [4.69, 9.17) is 4.98 Å². The molecule has 2 aromatic carbocycles. The lowest BCUT2D eigenvalue weighted by Crippen LogP contribution is -2.33. The van der Waals surface area contributed by atoms with E-state index in [-0.39, 0.29) is 5.41 Å². The Labute approximate surface area is 152 Å². The van der Waals surface area contributed by atoms with Gasteiger partial charge < -0.3 is 0 Å². The van der Waals surface area contributed by atoms with Crippen LogP contribution in [0.3, 0.4) is 0 Å². The van der Waals surface area contributed by atoms with Crippen LogP contribution in [-0.4, -0.2) is 4.98 Å². The van der Waals surface area contributed by atoms with E-state index in [1.165, 1.54) is 28.3 Å². The molecule has 1 aromatic heterocycles. The zero-order valence-electron chi connectivity index (χ0n) is 15.9. The molecule has 0 N–H and O–H groups in total. The highest BCUT2D eigenvalue weighted by atomic mass is 14.7. The summed E-state index contributed by atoms with van der Waals surface area (Å²) < 4.78 is 0. The third-order valence-electron chi connectivity index (χ3n) is 6.21. The van der Waals surface area contributed by atoms with Gasteiger partial charge in [0.25, 0.3) is 0 Å². The summed E-state index contributed by atoms with van der Waals surface area (Å²) in [6.45, 7) is 9.38. The summed E-state index contributed by atoms with van der Waals surface area (Å²) in [5.41, 5.74) is 4.06. The van der Waals surface area contributed by atoms with Crippen molar-refractivity contribution < 1.29 is 0 Å². The molecule has 1 unspecified atom stereocenters. The van der Waals surface area contributed by atoms with Crippen molar-refractivity contribution in [3.8, 4) is 11.3 Å². The first kappa shape index (κ1) is 17.7. The third-order valence-corrected chi connectivity index (χ3v) is 6.21. The molecule has 130 valence electrons. The molecule has 0 aliphatic heterocycles. The van der Waals surface area contributed by atoms with Gasteiger partial charge in [0.2, 0.25) is 0 Å². The van der Waals surface area contributed by atoms with Crippen LogP contribution in [0.2, 0.25) is 0 Å². The standard InChI is InChI=1S/C24H29N/c1-5-18(4)24(6-2,7-3)22-15-11-10-14-21(22)23-20-13-9-8-12-19(20)16-17-25-23/h8-18H,5-7H2,1-4H3. The smallest absolute Gasteiger partial charge is 0.0783 e. The Hall–Kier alpha value is -2.15. The molecular formula is C24H29N. The summed E-state index contributed by atoms with van der Waals surface area (Å²) >= 11 is 0. The minimum absolute atomic E-state index is 0.198. The van der Waals surface area contributed by atoms with E-state index < -0.39 is 0 Å². The zero-order chi connectivity index (χ0) is 17.9. The lowest BCUT2D eigenvalue weighted by molar-refractivity contribution is 0.258. The number of hydrogen-bond donors (Lipinski definition) is 0. The molecule has 0 radical (unpaired) electrons. The molecule has 0 aliphatic carbocycles. The van der Waals surface area contributed by atoms with Gasteiger partial charge in [-0.15, -0.1) is 0 Å². The van der Waals surface area contributed by atoms with Gasteiger partial charge >= 0.3 is 0 Å². The third kappa shape index (κ3) is 2.97. The molecule has 3 rings (SSSR count). The summed E-state index contributed by atoms with van der Waals surface area (Å²) in [6, 6.07) is 19.6. The second kappa shape index (κ2) is 7.39. The largest absolute Gasteiger partial charge is 0.256 e. The molecule has 1 atom stereocenters. The van der Waals surface area contributed by atoms with Crippen molar-refractivity contribution >= 4 is 10.8 Å². The Kier molecular flexibility index (Phi) is 5.22. The van der Waals surface area contributed by atoms with E-state index in [9.17, 15) is 0 Å². The maximum Gasteiger partial charge on any atom is 0.0783 e. The highest BCUT2D eigenvalue weighted by Gasteiger charge is 2.35. The lowest BCUT2D eigenvalue weighted by Gasteiger charge is -2.39. The van der Waals surface area contributed by atoms with Crippen LogP contribution in [-0.2, 0) is 5.41 Å². The Balaban J connectivity index is 2.29. The molecule has 0 bridgehead atoms. The van der Waals surface area contributed by atoms with Crippen LogP contribution in [0.15, 0.2) is 60.8 Å². The molecule has 1 heterocycles. The fraction of sp³-hybridized carbons (Fsp3) is 0.375. The Morgan fingerprint density at radius 3 is 2.28 bits per heavy atom. The van der Waals surface area contributed by atoms with Crippen molar-refractivity contribution in [1.82, 2.24) is 4.98 Å². The van der Waals surface area contributed by atoms with E-state index >= 15 is 0 Å². The van der Waals surface area contributed by atoms with Gasteiger partial charge in [-0.3, -0.25) is 4.98 Å². The fourth-order valence-corrected chi connectivity index (χ4v) is 4.44. The van der Waals surface area contributed by atoms with Gasteiger partial charge in [-0.2, -0.15) is 0 Å². The molecule has 25 heavy (non-hydrogen) atoms. The van der Waals surface area contributed by atoms with Crippen LogP contribution < -0.4 is 0 Å². The van der Waals surface area contributed by atoms with Crippen molar-refractivity contribution in [2.45, 2.75) is 52.4 Å². The lowest BCUT2D eigenvalue weighted by atomic mass is 9.65. The van der Waals surface area contributed by atoms with Crippen molar-refractivity contribution in [1.29, 1.82) is 0 Å². The van der Waals surface area contributed by atoms with Gasteiger partial charge in [-0.25, -0.2) is 0 Å². The summed E-state index contributed by atoms with van der Waals surface area (Å²) in [4.78, 5) is 4.81. The van der Waals surface area contributed by atoms with Gasteiger partial charge in [0.05, 0.1) is 5.69 Å². The monoisotopic (exact) mass is 331 g/mol. The molecule has 0 saturated heterocycles. The van der Waals surface area contributed by atoms with E-state index in [0.29, 0.717) is 5.92 Å². The Morgan fingerprint density at radius 1 is 0.880 bits per heavy atom. The van der Waals surface area contributed by atoms with Gasteiger partial charge in [0.1, 0.15) is 0 Å². The summed E-state index contributed by atoms with van der Waals surface area (Å²) in [5, 5.41) is 2.49. The predicted octanol–water partition coefficient (Wildman–Crippen LogP) is 7.01. The van der Waals surface area contributed by atoms with E-state index in [1.54, 1.807) is 0 Å². The molecule has 0 saturated carbocycles. The number of pyridine rings is 1. The molecular weight excluding hydrogens is 302 g/mol. The van der Waals surface area contributed by atoms with Crippen LogP contribution in [0, 0.1) is 5.92 Å². The SMILES string of the molecule is CCC(C)C(CC)(CC)c1ccccc1-c1nccc2ccccc12. The van der Waals surface area contributed by atoms with Crippen molar-refractivity contribution in [3.05, 3.63) is 66.4 Å². The van der Waals surface area contributed by atoms with Crippen molar-refractivity contribution in [2.24, 2.45) is 5.92 Å². The van der Waals surface area contributed by atoms with E-state index in [1.807, 2.05) is 6.20 Å². The molecule has 0 aliphatic rings. The molecule has 1 heteroatoms. The van der Waals surface area contributed by atoms with Crippen LogP contribution >= 0.6 is 0 Å². The zero-order valence-corrected chi connectivity index (χ0v) is 15.9. The second-order valence-electron chi connectivity index (χ2n) is 7.10. The number of nitrogens with zero attached hydrogens (tertiary/aromatic N) is 1. The average Bonchev–Trinajstić information content (AvgIpc) is 2.69.